The van der Waals surface area contributed by atoms with Gasteiger partial charge in [0.15, 0.2) is 35.8 Å². The van der Waals surface area contributed by atoms with Crippen molar-refractivity contribution in [3.05, 3.63) is 121 Å². The molecule has 48 heavy (non-hydrogen) atoms. The Hall–Kier alpha value is -3.26. The molecule has 8 nitrogen and oxygen atoms in total. The van der Waals surface area contributed by atoms with Gasteiger partial charge in [-0.15, -0.1) is 0 Å². The van der Waals surface area contributed by atoms with E-state index in [0.717, 1.165) is 49.0 Å². The molecular formula is C36H44N4O4P4. The fourth-order valence-electron chi connectivity index (χ4n) is 5.67. The Bertz CT molecular complexity index is 1750. The lowest BCUT2D eigenvalue weighted by Crippen LogP contribution is -2.18. The van der Waals surface area contributed by atoms with Crippen LogP contribution in [0.3, 0.4) is 0 Å². The lowest BCUT2D eigenvalue weighted by molar-refractivity contribution is 0.425. The lowest BCUT2D eigenvalue weighted by Gasteiger charge is -2.25. The normalized spacial score (nSPS) is 15.1. The highest BCUT2D eigenvalue weighted by Crippen LogP contribution is 2.52. The van der Waals surface area contributed by atoms with E-state index in [4.69, 9.17) is 18.1 Å². The zero-order valence-corrected chi connectivity index (χ0v) is 31.8. The SMILES string of the molecule is CCc1cccn1POc1cccc(OPN2C=CCC2CC)c1-c1c(OPn2cccc2CC)cccc1OPn1cccc1CC. The number of benzene rings is 2. The summed E-state index contributed by atoms with van der Waals surface area (Å²) in [4.78, 5) is 0. The van der Waals surface area contributed by atoms with Crippen molar-refractivity contribution in [1.82, 2.24) is 17.7 Å². The predicted molar refractivity (Wildman–Crippen MR) is 205 cm³/mol. The Morgan fingerprint density at radius 3 is 1.31 bits per heavy atom. The predicted octanol–water partition coefficient (Wildman–Crippen LogP) is 10.6. The van der Waals surface area contributed by atoms with E-state index in [1.165, 1.54) is 17.1 Å². The van der Waals surface area contributed by atoms with Gasteiger partial charge in [0.1, 0.15) is 23.0 Å². The zero-order chi connectivity index (χ0) is 33.3. The molecule has 12 heteroatoms. The second-order valence-electron chi connectivity index (χ2n) is 11.3. The van der Waals surface area contributed by atoms with E-state index >= 15 is 0 Å². The molecule has 1 aliphatic heterocycles. The molecule has 0 N–H and O–H groups in total. The number of hydrogen-bond donors (Lipinski definition) is 0. The summed E-state index contributed by atoms with van der Waals surface area (Å²) in [7, 11) is 0.311. The molecular weight excluding hydrogens is 676 g/mol. The van der Waals surface area contributed by atoms with E-state index in [1.54, 1.807) is 0 Å². The van der Waals surface area contributed by atoms with Crippen molar-refractivity contribution in [3.63, 3.8) is 0 Å². The maximum absolute atomic E-state index is 6.72. The van der Waals surface area contributed by atoms with Crippen LogP contribution in [0.2, 0.25) is 0 Å². The Morgan fingerprint density at radius 1 is 0.542 bits per heavy atom. The molecule has 0 saturated carbocycles. The van der Waals surface area contributed by atoms with Gasteiger partial charge in [0.05, 0.1) is 11.1 Å². The van der Waals surface area contributed by atoms with Gasteiger partial charge in [-0.3, -0.25) is 0 Å². The van der Waals surface area contributed by atoms with Crippen LogP contribution in [0, 0.1) is 0 Å². The van der Waals surface area contributed by atoms with Gasteiger partial charge in [-0.2, -0.15) is 0 Å². The molecule has 0 bridgehead atoms. The second-order valence-corrected chi connectivity index (χ2v) is 14.8. The highest BCUT2D eigenvalue weighted by Gasteiger charge is 2.25. The molecule has 0 saturated heterocycles. The Kier molecular flexibility index (Phi) is 12.2. The van der Waals surface area contributed by atoms with Gasteiger partial charge >= 0.3 is 0 Å². The summed E-state index contributed by atoms with van der Waals surface area (Å²) in [6.45, 7) is 8.71. The van der Waals surface area contributed by atoms with Gasteiger partial charge in [-0.1, -0.05) is 45.9 Å². The first-order chi connectivity index (χ1) is 23.6. The molecule has 5 aromatic rings. The van der Waals surface area contributed by atoms with Gasteiger partial charge in [0, 0.05) is 47.9 Å². The number of hydrogen-bond acceptors (Lipinski definition) is 5. The highest BCUT2D eigenvalue weighted by atomic mass is 31.1. The summed E-state index contributed by atoms with van der Waals surface area (Å²) in [5.41, 5.74) is 5.32. The van der Waals surface area contributed by atoms with Crippen molar-refractivity contribution in [2.45, 2.75) is 65.8 Å². The van der Waals surface area contributed by atoms with Gasteiger partial charge in [-0.05, 0) is 92.8 Å². The van der Waals surface area contributed by atoms with Crippen LogP contribution in [-0.4, -0.2) is 23.7 Å². The fraction of sp³-hybridized carbons (Fsp3) is 0.278. The van der Waals surface area contributed by atoms with Gasteiger partial charge in [-0.25, -0.2) is 0 Å². The quantitative estimate of drug-likeness (QED) is 0.0896. The van der Waals surface area contributed by atoms with Crippen LogP contribution in [0.5, 0.6) is 23.0 Å². The van der Waals surface area contributed by atoms with Crippen LogP contribution < -0.4 is 18.1 Å². The Morgan fingerprint density at radius 2 is 0.938 bits per heavy atom. The van der Waals surface area contributed by atoms with E-state index in [2.05, 4.69) is 113 Å². The summed E-state index contributed by atoms with van der Waals surface area (Å²) < 4.78 is 35.6. The molecule has 3 aromatic heterocycles. The topological polar surface area (TPSA) is 54.9 Å². The number of aromatic nitrogens is 3. The van der Waals surface area contributed by atoms with Crippen LogP contribution in [0.15, 0.2) is 104 Å². The van der Waals surface area contributed by atoms with Crippen LogP contribution in [0.25, 0.3) is 11.1 Å². The van der Waals surface area contributed by atoms with Crippen LogP contribution in [0.1, 0.15) is 57.6 Å². The van der Waals surface area contributed by atoms with Crippen molar-refractivity contribution in [3.8, 4) is 34.1 Å². The van der Waals surface area contributed by atoms with Crippen LogP contribution in [-0.2, 0) is 19.3 Å². The molecule has 2 aromatic carbocycles. The third kappa shape index (κ3) is 7.96. The minimum Gasteiger partial charge on any atom is -0.455 e. The zero-order valence-electron chi connectivity index (χ0n) is 27.8. The van der Waals surface area contributed by atoms with Crippen molar-refractivity contribution in [1.29, 1.82) is 0 Å². The van der Waals surface area contributed by atoms with Crippen molar-refractivity contribution in [2.75, 3.05) is 0 Å². The van der Waals surface area contributed by atoms with Gasteiger partial charge < -0.3 is 35.8 Å². The third-order valence-electron chi connectivity index (χ3n) is 8.37. The molecule has 6 rings (SSSR count). The smallest absolute Gasteiger partial charge is 0.181 e. The fourth-order valence-corrected chi connectivity index (χ4v) is 9.24. The summed E-state index contributed by atoms with van der Waals surface area (Å²) in [5, 5.41) is 0. The number of rotatable bonds is 17. The first kappa shape index (κ1) is 34.6. The second kappa shape index (κ2) is 16.9. The minimum absolute atomic E-state index is 0.0622. The van der Waals surface area contributed by atoms with E-state index in [0.29, 0.717) is 23.3 Å². The highest BCUT2D eigenvalue weighted by molar-refractivity contribution is 7.31. The van der Waals surface area contributed by atoms with Crippen LogP contribution >= 0.6 is 35.8 Å². The molecule has 5 unspecified atom stereocenters. The minimum atomic E-state index is 0.0622. The standard InChI is InChI=1S/C36H44N4O4P4/c1-5-27-15-11-23-37(27)45-41-31-19-9-20-32(42-46-38-24-12-16-28(38)6-2)35(31)36-33(43-47-39-25-13-17-29(39)7-3)21-10-22-34(36)44-48-40-26-14-18-30(40)8-4/h9-17,19-26,30,45-48H,5-8,18H2,1-4H3. The first-order valence-electron chi connectivity index (χ1n) is 16.5. The molecule has 0 aliphatic carbocycles. The average molecular weight is 721 g/mol. The molecule has 0 amide bonds. The van der Waals surface area contributed by atoms with E-state index in [9.17, 15) is 0 Å². The summed E-state index contributed by atoms with van der Waals surface area (Å²) in [5.74, 6) is 2.87. The molecule has 0 radical (unpaired) electrons. The van der Waals surface area contributed by atoms with Crippen molar-refractivity contribution in [2.24, 2.45) is 0 Å². The monoisotopic (exact) mass is 720 g/mol. The van der Waals surface area contributed by atoms with Crippen molar-refractivity contribution >= 4 is 35.8 Å². The van der Waals surface area contributed by atoms with E-state index in [-0.39, 0.29) is 35.8 Å². The number of aryl methyl sites for hydroxylation is 3. The van der Waals surface area contributed by atoms with E-state index in [1.807, 2.05) is 36.4 Å². The van der Waals surface area contributed by atoms with Gasteiger partial charge in [0.2, 0.25) is 0 Å². The van der Waals surface area contributed by atoms with E-state index < -0.39 is 0 Å². The molecule has 0 fully saturated rings. The molecule has 1 aliphatic rings. The average Bonchev–Trinajstić information content (AvgIpc) is 3.95. The summed E-state index contributed by atoms with van der Waals surface area (Å²) in [6.07, 6.45) is 15.5. The first-order valence-corrected chi connectivity index (χ1v) is 20.0. The Balaban J connectivity index is 1.42. The van der Waals surface area contributed by atoms with Crippen LogP contribution in [0.4, 0.5) is 0 Å². The molecule has 5 atom stereocenters. The summed E-state index contributed by atoms with van der Waals surface area (Å²) >= 11 is 0. The molecule has 252 valence electrons. The number of nitrogens with zero attached hydrogens (tertiary/aromatic N) is 4. The Labute approximate surface area is 291 Å². The molecule has 4 heterocycles. The lowest BCUT2D eigenvalue weighted by atomic mass is 10.0. The largest absolute Gasteiger partial charge is 0.455 e. The molecule has 0 spiro atoms. The third-order valence-corrected chi connectivity index (χ3v) is 12.2. The van der Waals surface area contributed by atoms with Gasteiger partial charge in [0.25, 0.3) is 0 Å². The van der Waals surface area contributed by atoms with Crippen molar-refractivity contribution < 1.29 is 18.1 Å². The summed E-state index contributed by atoms with van der Waals surface area (Å²) in [6, 6.07) is 25.1. The maximum atomic E-state index is 6.72. The maximum Gasteiger partial charge on any atom is 0.181 e.